The molecule has 1 rings (SSSR count). The third-order valence-electron chi connectivity index (χ3n) is 1.25. The number of benzene rings is 1. The van der Waals surface area contributed by atoms with Crippen LogP contribution in [0.25, 0.3) is 0 Å². The Bertz CT molecular complexity index is 242. The third-order valence-corrected chi connectivity index (χ3v) is 1.47. The fourth-order valence-corrected chi connectivity index (χ4v) is 1.01. The van der Waals surface area contributed by atoms with Gasteiger partial charge in [0.25, 0.3) is 0 Å². The van der Waals surface area contributed by atoms with E-state index >= 15 is 0 Å². The standard InChI is InChI=1S/C9H9ClFO/c1-2-3-12-9-5-7(10)4-8(11)6-9/h4-6H,1-3H2. The first-order chi connectivity index (χ1) is 5.72. The Hall–Kier alpha value is -0.760. The fourth-order valence-electron chi connectivity index (χ4n) is 0.802. The molecule has 1 aromatic rings. The van der Waals surface area contributed by atoms with Crippen molar-refractivity contribution in [2.75, 3.05) is 6.61 Å². The molecule has 65 valence electrons. The van der Waals surface area contributed by atoms with Crippen LogP contribution in [0.4, 0.5) is 4.39 Å². The number of hydrogen-bond acceptors (Lipinski definition) is 1. The van der Waals surface area contributed by atoms with Crippen molar-refractivity contribution >= 4 is 11.6 Å². The van der Waals surface area contributed by atoms with Crippen LogP contribution in [-0.4, -0.2) is 6.61 Å². The largest absolute Gasteiger partial charge is 0.493 e. The monoisotopic (exact) mass is 187 g/mol. The summed E-state index contributed by atoms with van der Waals surface area (Å²) in [4.78, 5) is 0. The lowest BCUT2D eigenvalue weighted by Crippen LogP contribution is -1.95. The van der Waals surface area contributed by atoms with Crippen molar-refractivity contribution in [3.05, 3.63) is 36.0 Å². The predicted octanol–water partition coefficient (Wildman–Crippen LogP) is 3.08. The molecule has 12 heavy (non-hydrogen) atoms. The molecule has 0 aliphatic carbocycles. The van der Waals surface area contributed by atoms with Gasteiger partial charge in [0, 0.05) is 11.1 Å². The summed E-state index contributed by atoms with van der Waals surface area (Å²) >= 11 is 5.59. The highest BCUT2D eigenvalue weighted by Gasteiger charge is 1.98. The van der Waals surface area contributed by atoms with Gasteiger partial charge in [-0.2, -0.15) is 0 Å². The maximum Gasteiger partial charge on any atom is 0.128 e. The second kappa shape index (κ2) is 4.31. The molecule has 0 spiro atoms. The number of halogens is 2. The number of hydrogen-bond donors (Lipinski definition) is 0. The molecule has 0 aliphatic rings. The van der Waals surface area contributed by atoms with Crippen LogP contribution in [0.2, 0.25) is 5.02 Å². The molecule has 0 unspecified atom stereocenters. The van der Waals surface area contributed by atoms with Crippen molar-refractivity contribution in [1.29, 1.82) is 0 Å². The van der Waals surface area contributed by atoms with Gasteiger partial charge in [0.15, 0.2) is 0 Å². The van der Waals surface area contributed by atoms with Gasteiger partial charge in [0.05, 0.1) is 6.61 Å². The molecule has 0 bridgehead atoms. The van der Waals surface area contributed by atoms with Crippen LogP contribution in [-0.2, 0) is 0 Å². The molecule has 0 aliphatic heterocycles. The van der Waals surface area contributed by atoms with E-state index in [0.29, 0.717) is 23.8 Å². The topological polar surface area (TPSA) is 9.23 Å². The Balaban J connectivity index is 2.72. The van der Waals surface area contributed by atoms with Gasteiger partial charge in [0.2, 0.25) is 0 Å². The van der Waals surface area contributed by atoms with Crippen molar-refractivity contribution in [2.45, 2.75) is 6.42 Å². The molecule has 0 fully saturated rings. The van der Waals surface area contributed by atoms with E-state index in [4.69, 9.17) is 16.3 Å². The normalized spacial score (nSPS) is 9.92. The SMILES string of the molecule is [CH2]CCOc1cc(F)cc(Cl)c1. The molecule has 0 saturated carbocycles. The minimum atomic E-state index is -0.387. The first-order valence-corrected chi connectivity index (χ1v) is 3.98. The molecule has 0 N–H and O–H groups in total. The van der Waals surface area contributed by atoms with Crippen LogP contribution in [0, 0.1) is 12.7 Å². The Morgan fingerprint density at radius 1 is 1.42 bits per heavy atom. The van der Waals surface area contributed by atoms with Gasteiger partial charge in [-0.25, -0.2) is 4.39 Å². The van der Waals surface area contributed by atoms with E-state index in [1.807, 2.05) is 0 Å². The van der Waals surface area contributed by atoms with E-state index in [0.717, 1.165) is 0 Å². The zero-order valence-electron chi connectivity index (χ0n) is 6.52. The molecule has 1 radical (unpaired) electrons. The van der Waals surface area contributed by atoms with E-state index in [1.54, 1.807) is 6.07 Å². The predicted molar refractivity (Wildman–Crippen MR) is 46.9 cm³/mol. The summed E-state index contributed by atoms with van der Waals surface area (Å²) in [6.45, 7) is 4.07. The highest BCUT2D eigenvalue weighted by molar-refractivity contribution is 6.30. The summed E-state index contributed by atoms with van der Waals surface area (Å²) in [6, 6.07) is 4.10. The third kappa shape index (κ3) is 2.70. The van der Waals surface area contributed by atoms with Gasteiger partial charge >= 0.3 is 0 Å². The second-order valence-electron chi connectivity index (χ2n) is 2.31. The summed E-state index contributed by atoms with van der Waals surface area (Å²) in [5, 5.41) is 0.342. The highest BCUT2D eigenvalue weighted by atomic mass is 35.5. The second-order valence-corrected chi connectivity index (χ2v) is 2.74. The zero-order valence-corrected chi connectivity index (χ0v) is 7.27. The van der Waals surface area contributed by atoms with Crippen molar-refractivity contribution in [3.8, 4) is 5.75 Å². The van der Waals surface area contributed by atoms with Crippen molar-refractivity contribution in [3.63, 3.8) is 0 Å². The van der Waals surface area contributed by atoms with Crippen molar-refractivity contribution in [1.82, 2.24) is 0 Å². The van der Waals surface area contributed by atoms with Gasteiger partial charge in [-0.1, -0.05) is 11.6 Å². The minimum Gasteiger partial charge on any atom is -0.493 e. The molecular formula is C9H9ClFO. The van der Waals surface area contributed by atoms with Crippen molar-refractivity contribution in [2.24, 2.45) is 0 Å². The van der Waals surface area contributed by atoms with Crippen LogP contribution in [0.5, 0.6) is 5.75 Å². The summed E-state index contributed by atoms with van der Waals surface area (Å²) in [5.41, 5.74) is 0. The number of ether oxygens (including phenoxy) is 1. The summed E-state index contributed by atoms with van der Waals surface area (Å²) in [6.07, 6.45) is 0.647. The molecule has 1 nitrogen and oxygen atoms in total. The minimum absolute atomic E-state index is 0.342. The van der Waals surface area contributed by atoms with Gasteiger partial charge < -0.3 is 4.74 Å². The Labute approximate surface area is 76.1 Å². The van der Waals surface area contributed by atoms with Crippen LogP contribution < -0.4 is 4.74 Å². The maximum atomic E-state index is 12.7. The Morgan fingerprint density at radius 3 is 2.75 bits per heavy atom. The number of rotatable bonds is 3. The molecule has 1 aromatic carbocycles. The maximum absolute atomic E-state index is 12.7. The molecule has 3 heteroatoms. The summed E-state index contributed by atoms with van der Waals surface area (Å²) < 4.78 is 17.8. The van der Waals surface area contributed by atoms with E-state index in [-0.39, 0.29) is 5.82 Å². The summed E-state index contributed by atoms with van der Waals surface area (Å²) in [7, 11) is 0. The van der Waals surface area contributed by atoms with Gasteiger partial charge in [0.1, 0.15) is 11.6 Å². The molecular weight excluding hydrogens is 179 g/mol. The Kier molecular flexibility index (Phi) is 3.35. The lowest BCUT2D eigenvalue weighted by molar-refractivity contribution is 0.322. The first kappa shape index (κ1) is 9.33. The fraction of sp³-hybridized carbons (Fsp3) is 0.222. The van der Waals surface area contributed by atoms with Crippen LogP contribution in [0.1, 0.15) is 6.42 Å². The molecule has 0 amide bonds. The molecule has 0 heterocycles. The van der Waals surface area contributed by atoms with Crippen LogP contribution >= 0.6 is 11.6 Å². The van der Waals surface area contributed by atoms with Crippen molar-refractivity contribution < 1.29 is 9.13 Å². The lowest BCUT2D eigenvalue weighted by Gasteiger charge is -2.04. The average molecular weight is 188 g/mol. The van der Waals surface area contributed by atoms with E-state index in [9.17, 15) is 4.39 Å². The van der Waals surface area contributed by atoms with Gasteiger partial charge in [-0.05, 0) is 25.5 Å². The van der Waals surface area contributed by atoms with E-state index in [1.165, 1.54) is 12.1 Å². The molecule has 0 aromatic heterocycles. The van der Waals surface area contributed by atoms with E-state index < -0.39 is 0 Å². The Morgan fingerprint density at radius 2 is 2.17 bits per heavy atom. The first-order valence-electron chi connectivity index (χ1n) is 3.60. The van der Waals surface area contributed by atoms with Crippen LogP contribution in [0.15, 0.2) is 18.2 Å². The molecule has 0 saturated heterocycles. The highest BCUT2D eigenvalue weighted by Crippen LogP contribution is 2.19. The quantitative estimate of drug-likeness (QED) is 0.707. The zero-order chi connectivity index (χ0) is 8.97. The molecule has 0 atom stereocenters. The van der Waals surface area contributed by atoms with Crippen LogP contribution in [0.3, 0.4) is 0 Å². The van der Waals surface area contributed by atoms with Gasteiger partial charge in [-0.3, -0.25) is 0 Å². The lowest BCUT2D eigenvalue weighted by atomic mass is 10.3. The summed E-state index contributed by atoms with van der Waals surface area (Å²) in [5.74, 6) is 0.0604. The average Bonchev–Trinajstić information content (AvgIpc) is 1.99. The van der Waals surface area contributed by atoms with Gasteiger partial charge in [-0.15, -0.1) is 0 Å². The smallest absolute Gasteiger partial charge is 0.128 e. The van der Waals surface area contributed by atoms with E-state index in [2.05, 4.69) is 6.92 Å².